The summed E-state index contributed by atoms with van der Waals surface area (Å²) < 4.78 is 50.9. The van der Waals surface area contributed by atoms with Crippen LogP contribution in [0.2, 0.25) is 0 Å². The van der Waals surface area contributed by atoms with Crippen molar-refractivity contribution in [2.75, 3.05) is 25.2 Å². The van der Waals surface area contributed by atoms with Gasteiger partial charge in [-0.25, -0.2) is 21.5 Å². The maximum absolute atomic E-state index is 13.1. The number of anilines is 1. The van der Waals surface area contributed by atoms with Gasteiger partial charge >= 0.3 is 0 Å². The van der Waals surface area contributed by atoms with Gasteiger partial charge in [-0.3, -0.25) is 4.79 Å². The highest BCUT2D eigenvalue weighted by molar-refractivity contribution is 8.00. The van der Waals surface area contributed by atoms with Crippen molar-refractivity contribution in [3.63, 3.8) is 0 Å². The number of rotatable bonds is 6. The Hall–Kier alpha value is -1.97. The molecule has 2 aromatic rings. The first-order valence-electron chi connectivity index (χ1n) is 7.10. The molecule has 1 amide bonds. The van der Waals surface area contributed by atoms with Crippen molar-refractivity contribution < 1.29 is 22.0 Å². The van der Waals surface area contributed by atoms with Gasteiger partial charge in [-0.15, -0.1) is 11.8 Å². The van der Waals surface area contributed by atoms with Gasteiger partial charge in [0.05, 0.1) is 10.6 Å². The summed E-state index contributed by atoms with van der Waals surface area (Å²) in [6.45, 7) is 0. The molecule has 0 saturated carbocycles. The largest absolute Gasteiger partial charge is 0.325 e. The molecule has 0 saturated heterocycles. The molecule has 0 radical (unpaired) electrons. The molecule has 0 fully saturated rings. The summed E-state index contributed by atoms with van der Waals surface area (Å²) in [7, 11) is -0.663. The van der Waals surface area contributed by atoms with Crippen molar-refractivity contribution in [2.24, 2.45) is 0 Å². The molecule has 0 atom stereocenters. The number of sulfonamides is 1. The lowest BCUT2D eigenvalue weighted by molar-refractivity contribution is -0.113. The van der Waals surface area contributed by atoms with Crippen molar-refractivity contribution in [1.82, 2.24) is 4.31 Å². The van der Waals surface area contributed by atoms with E-state index in [1.807, 2.05) is 0 Å². The number of benzene rings is 2. The molecule has 0 aliphatic heterocycles. The number of nitrogens with zero attached hydrogens (tertiary/aromatic N) is 1. The van der Waals surface area contributed by atoms with Crippen LogP contribution in [0.25, 0.3) is 0 Å². The Morgan fingerprint density at radius 2 is 1.72 bits per heavy atom. The normalized spacial score (nSPS) is 11.6. The van der Waals surface area contributed by atoms with Crippen molar-refractivity contribution in [2.45, 2.75) is 9.79 Å². The summed E-state index contributed by atoms with van der Waals surface area (Å²) in [6, 6.07) is 9.17. The van der Waals surface area contributed by atoms with Crippen molar-refractivity contribution in [3.8, 4) is 0 Å². The van der Waals surface area contributed by atoms with E-state index < -0.39 is 21.7 Å². The predicted molar refractivity (Wildman–Crippen MR) is 93.0 cm³/mol. The summed E-state index contributed by atoms with van der Waals surface area (Å²) in [5.41, 5.74) is 0.439. The van der Waals surface area contributed by atoms with Gasteiger partial charge in [-0.05, 0) is 42.5 Å². The zero-order chi connectivity index (χ0) is 18.6. The first kappa shape index (κ1) is 19.4. The number of hydrogen-bond acceptors (Lipinski definition) is 4. The fraction of sp³-hybridized carbons (Fsp3) is 0.188. The van der Waals surface area contributed by atoms with E-state index in [-0.39, 0.29) is 16.6 Å². The molecule has 0 aromatic heterocycles. The summed E-state index contributed by atoms with van der Waals surface area (Å²) >= 11 is 1.06. The molecule has 0 spiro atoms. The van der Waals surface area contributed by atoms with Crippen molar-refractivity contribution in [1.29, 1.82) is 0 Å². The summed E-state index contributed by atoms with van der Waals surface area (Å²) in [6.07, 6.45) is 0. The average Bonchev–Trinajstić information content (AvgIpc) is 2.56. The topological polar surface area (TPSA) is 66.5 Å². The smallest absolute Gasteiger partial charge is 0.242 e. The minimum absolute atomic E-state index is 0.00280. The van der Waals surface area contributed by atoms with Crippen LogP contribution in [-0.4, -0.2) is 38.5 Å². The van der Waals surface area contributed by atoms with Crippen molar-refractivity contribution >= 4 is 33.4 Å². The fourth-order valence-electron chi connectivity index (χ4n) is 1.83. The second-order valence-corrected chi connectivity index (χ2v) is 8.43. The van der Waals surface area contributed by atoms with Gasteiger partial charge in [0.1, 0.15) is 0 Å². The number of carbonyl (C=O) groups excluding carboxylic acids is 1. The SMILES string of the molecule is CN(C)S(=O)(=O)c1ccc(NC(=O)CSc2ccc(F)c(F)c2)cc1. The van der Waals surface area contributed by atoms with Crippen LogP contribution in [0.15, 0.2) is 52.3 Å². The fourth-order valence-corrected chi connectivity index (χ4v) is 3.46. The quantitative estimate of drug-likeness (QED) is 0.776. The number of thioether (sulfide) groups is 1. The highest BCUT2D eigenvalue weighted by Gasteiger charge is 2.16. The number of halogens is 2. The van der Waals surface area contributed by atoms with Crippen molar-refractivity contribution in [3.05, 3.63) is 54.1 Å². The molecule has 0 aliphatic rings. The lowest BCUT2D eigenvalue weighted by Gasteiger charge is -2.12. The molecule has 2 aromatic carbocycles. The predicted octanol–water partition coefficient (Wildman–Crippen LogP) is 2.95. The van der Waals surface area contributed by atoms with Gasteiger partial charge in [-0.2, -0.15) is 0 Å². The molecular formula is C16H16F2N2O3S2. The van der Waals surface area contributed by atoms with Crippen LogP contribution in [0.3, 0.4) is 0 Å². The third-order valence-corrected chi connectivity index (χ3v) is 6.00. The van der Waals surface area contributed by atoms with Gasteiger partial charge in [0.15, 0.2) is 11.6 Å². The Morgan fingerprint density at radius 3 is 2.28 bits per heavy atom. The number of nitrogens with one attached hydrogen (secondary N) is 1. The number of amides is 1. The monoisotopic (exact) mass is 386 g/mol. The second kappa shape index (κ2) is 7.94. The van der Waals surface area contributed by atoms with Crippen LogP contribution >= 0.6 is 11.8 Å². The number of hydrogen-bond donors (Lipinski definition) is 1. The highest BCUT2D eigenvalue weighted by Crippen LogP contribution is 2.21. The molecule has 5 nitrogen and oxygen atoms in total. The summed E-state index contributed by atoms with van der Waals surface area (Å²) in [5, 5.41) is 2.61. The Morgan fingerprint density at radius 1 is 1.08 bits per heavy atom. The Labute approximate surface area is 149 Å². The van der Waals surface area contributed by atoms with E-state index in [4.69, 9.17) is 0 Å². The van der Waals surface area contributed by atoms with E-state index in [0.717, 1.165) is 28.2 Å². The van der Waals surface area contributed by atoms with Crippen LogP contribution in [0.5, 0.6) is 0 Å². The van der Waals surface area contributed by atoms with E-state index in [1.165, 1.54) is 44.4 Å². The summed E-state index contributed by atoms with van der Waals surface area (Å²) in [5.74, 6) is -2.26. The molecule has 0 unspecified atom stereocenters. The maximum atomic E-state index is 13.1. The molecular weight excluding hydrogens is 370 g/mol. The zero-order valence-corrected chi connectivity index (χ0v) is 15.1. The highest BCUT2D eigenvalue weighted by atomic mass is 32.2. The molecule has 9 heteroatoms. The van der Waals surface area contributed by atoms with Crippen LogP contribution in [-0.2, 0) is 14.8 Å². The molecule has 0 aliphatic carbocycles. The number of carbonyl (C=O) groups is 1. The lowest BCUT2D eigenvalue weighted by Crippen LogP contribution is -2.22. The van der Waals surface area contributed by atoms with E-state index in [0.29, 0.717) is 10.6 Å². The molecule has 2 rings (SSSR count). The zero-order valence-electron chi connectivity index (χ0n) is 13.5. The summed E-state index contributed by atoms with van der Waals surface area (Å²) in [4.78, 5) is 12.5. The van der Waals surface area contributed by atoms with Gasteiger partial charge < -0.3 is 5.32 Å². The molecule has 134 valence electrons. The Balaban J connectivity index is 1.95. The third-order valence-electron chi connectivity index (χ3n) is 3.18. The minimum Gasteiger partial charge on any atom is -0.325 e. The van der Waals surface area contributed by atoms with Crippen LogP contribution < -0.4 is 5.32 Å². The molecule has 0 heterocycles. The van der Waals surface area contributed by atoms with Gasteiger partial charge in [0.2, 0.25) is 15.9 Å². The molecule has 25 heavy (non-hydrogen) atoms. The first-order valence-corrected chi connectivity index (χ1v) is 9.53. The van der Waals surface area contributed by atoms with E-state index >= 15 is 0 Å². The van der Waals surface area contributed by atoms with Gasteiger partial charge in [0.25, 0.3) is 0 Å². The minimum atomic E-state index is -3.53. The van der Waals surface area contributed by atoms with Gasteiger partial charge in [-0.1, -0.05) is 0 Å². The van der Waals surface area contributed by atoms with Gasteiger partial charge in [0, 0.05) is 24.7 Å². The average molecular weight is 386 g/mol. The van der Waals surface area contributed by atoms with E-state index in [9.17, 15) is 22.0 Å². The van der Waals surface area contributed by atoms with Crippen LogP contribution in [0, 0.1) is 11.6 Å². The standard InChI is InChI=1S/C16H16F2N2O3S2/c1-20(2)25(22,23)13-6-3-11(4-7-13)19-16(21)10-24-12-5-8-14(17)15(18)9-12/h3-9H,10H2,1-2H3,(H,19,21). The molecule has 0 bridgehead atoms. The van der Waals surface area contributed by atoms with Crippen LogP contribution in [0.1, 0.15) is 0 Å². The van der Waals surface area contributed by atoms with E-state index in [1.54, 1.807) is 0 Å². The van der Waals surface area contributed by atoms with E-state index in [2.05, 4.69) is 5.32 Å². The molecule has 1 N–H and O–H groups in total. The second-order valence-electron chi connectivity index (χ2n) is 5.22. The maximum Gasteiger partial charge on any atom is 0.242 e. The Bertz CT molecular complexity index is 869. The first-order chi connectivity index (χ1) is 11.7. The van der Waals surface area contributed by atoms with Crippen LogP contribution in [0.4, 0.5) is 14.5 Å². The Kier molecular flexibility index (Phi) is 6.15. The third kappa shape index (κ3) is 5.00. The lowest BCUT2D eigenvalue weighted by atomic mass is 10.3.